The molecule has 160 valence electrons. The number of rotatable bonds is 6. The molecule has 0 aliphatic rings. The summed E-state index contributed by atoms with van der Waals surface area (Å²) in [5.41, 5.74) is 4.38. The predicted octanol–water partition coefficient (Wildman–Crippen LogP) is 2.98. The van der Waals surface area contributed by atoms with Gasteiger partial charge < -0.3 is 4.57 Å². The zero-order chi connectivity index (χ0) is 22.6. The summed E-state index contributed by atoms with van der Waals surface area (Å²) in [6.45, 7) is 1.84. The Hall–Kier alpha value is -3.24. The number of carbonyl (C=O) groups is 2. The Labute approximate surface area is 188 Å². The Morgan fingerprint density at radius 2 is 1.65 bits per heavy atom. The van der Waals surface area contributed by atoms with Crippen molar-refractivity contribution in [3.63, 3.8) is 0 Å². The maximum atomic E-state index is 12.4. The molecule has 0 unspecified atom stereocenters. The molecule has 0 aliphatic heterocycles. The molecule has 0 atom stereocenters. The zero-order valence-electron chi connectivity index (χ0n) is 16.7. The topological polar surface area (TPSA) is 110 Å². The normalized spacial score (nSPS) is 11.5. The fourth-order valence-corrected chi connectivity index (χ4v) is 3.85. The third-order valence-corrected chi connectivity index (χ3v) is 6.21. The first kappa shape index (κ1) is 22.4. The third kappa shape index (κ3) is 5.68. The number of halogens is 1. The molecule has 2 aromatic carbocycles. The molecule has 2 N–H and O–H groups in total. The highest BCUT2D eigenvalue weighted by Gasteiger charge is 2.20. The fraction of sp³-hybridized carbons (Fsp3) is 0.0952. The van der Waals surface area contributed by atoms with Crippen LogP contribution in [-0.2, 0) is 17.1 Å². The van der Waals surface area contributed by atoms with Crippen LogP contribution in [0.15, 0.2) is 75.3 Å². The highest BCUT2D eigenvalue weighted by molar-refractivity contribution is 9.10. The monoisotopic (exact) mass is 502 g/mol. The van der Waals surface area contributed by atoms with Crippen LogP contribution < -0.4 is 10.1 Å². The molecule has 0 saturated carbocycles. The minimum Gasteiger partial charge on any atom is -0.349 e. The van der Waals surface area contributed by atoms with Gasteiger partial charge in [-0.2, -0.15) is 5.10 Å². The van der Waals surface area contributed by atoms with Crippen molar-refractivity contribution in [2.24, 2.45) is 12.1 Å². The number of hydrogen-bond donors (Lipinski definition) is 2. The van der Waals surface area contributed by atoms with E-state index >= 15 is 0 Å². The van der Waals surface area contributed by atoms with Gasteiger partial charge >= 0.3 is 0 Å². The van der Waals surface area contributed by atoms with Crippen LogP contribution in [0.3, 0.4) is 0 Å². The van der Waals surface area contributed by atoms with E-state index in [-0.39, 0.29) is 16.4 Å². The molecule has 0 fully saturated rings. The number of nitrogens with zero attached hydrogens (tertiary/aromatic N) is 2. The van der Waals surface area contributed by atoms with Crippen molar-refractivity contribution in [2.45, 2.75) is 11.8 Å². The largest absolute Gasteiger partial charge is 0.349 e. The number of sulfonamides is 1. The van der Waals surface area contributed by atoms with Gasteiger partial charge in [0.05, 0.1) is 22.4 Å². The van der Waals surface area contributed by atoms with Crippen LogP contribution in [0.2, 0.25) is 0 Å². The van der Waals surface area contributed by atoms with Crippen molar-refractivity contribution >= 4 is 44.0 Å². The van der Waals surface area contributed by atoms with Gasteiger partial charge in [-0.15, -0.1) is 0 Å². The van der Waals surface area contributed by atoms with Crippen LogP contribution in [0.25, 0.3) is 0 Å². The number of nitrogens with one attached hydrogen (secondary N) is 2. The lowest BCUT2D eigenvalue weighted by Gasteiger charge is -2.06. The Balaban J connectivity index is 1.67. The van der Waals surface area contributed by atoms with Crippen LogP contribution in [-0.4, -0.2) is 31.0 Å². The maximum absolute atomic E-state index is 12.4. The van der Waals surface area contributed by atoms with Crippen LogP contribution in [0, 0.1) is 6.92 Å². The smallest absolute Gasteiger partial charge is 0.271 e. The maximum Gasteiger partial charge on any atom is 0.271 e. The lowest BCUT2D eigenvalue weighted by Crippen LogP contribution is -2.30. The lowest BCUT2D eigenvalue weighted by atomic mass is 10.2. The molecular formula is C21H19BrN4O4S. The summed E-state index contributed by atoms with van der Waals surface area (Å²) in [5.74, 6) is -1.16. The molecule has 3 rings (SSSR count). The summed E-state index contributed by atoms with van der Waals surface area (Å²) >= 11 is 3.30. The van der Waals surface area contributed by atoms with E-state index in [0.717, 1.165) is 10.0 Å². The second kappa shape index (κ2) is 9.27. The van der Waals surface area contributed by atoms with E-state index in [2.05, 4.69) is 31.2 Å². The SMILES string of the molecule is Cc1ccc(S(=O)(=O)NC(=O)c2cc(C=NNC(=O)c3ccc(Br)cc3)n(C)c2)cc1. The third-order valence-electron chi connectivity index (χ3n) is 4.33. The Bertz CT molecular complexity index is 1250. The highest BCUT2D eigenvalue weighted by atomic mass is 79.9. The van der Waals surface area contributed by atoms with E-state index in [1.54, 1.807) is 48.0 Å². The van der Waals surface area contributed by atoms with Crippen LogP contribution in [0.1, 0.15) is 32.0 Å². The number of aryl methyl sites for hydroxylation is 2. The van der Waals surface area contributed by atoms with E-state index in [9.17, 15) is 18.0 Å². The van der Waals surface area contributed by atoms with Crippen LogP contribution in [0.5, 0.6) is 0 Å². The van der Waals surface area contributed by atoms with Crippen LogP contribution in [0.4, 0.5) is 0 Å². The number of carbonyl (C=O) groups excluding carboxylic acids is 2. The molecule has 8 nitrogen and oxygen atoms in total. The first-order chi connectivity index (χ1) is 14.7. The van der Waals surface area contributed by atoms with Crippen molar-refractivity contribution in [3.8, 4) is 0 Å². The summed E-state index contributed by atoms with van der Waals surface area (Å²) in [5, 5.41) is 3.90. The fourth-order valence-electron chi connectivity index (χ4n) is 2.61. The summed E-state index contributed by atoms with van der Waals surface area (Å²) in [6, 6.07) is 14.4. The van der Waals surface area contributed by atoms with Gasteiger partial charge in [-0.25, -0.2) is 18.6 Å². The molecule has 0 aliphatic carbocycles. The minimum absolute atomic E-state index is 0.000166. The molecule has 1 heterocycles. The van der Waals surface area contributed by atoms with Gasteiger partial charge in [0.2, 0.25) is 0 Å². The molecule has 3 aromatic rings. The average molecular weight is 503 g/mol. The number of aromatic nitrogens is 1. The second-order valence-corrected chi connectivity index (χ2v) is 9.32. The Kier molecular flexibility index (Phi) is 6.71. The molecule has 0 spiro atoms. The Morgan fingerprint density at radius 1 is 1.00 bits per heavy atom. The van der Waals surface area contributed by atoms with Gasteiger partial charge in [0.1, 0.15) is 0 Å². The number of benzene rings is 2. The van der Waals surface area contributed by atoms with Crippen molar-refractivity contribution in [2.75, 3.05) is 0 Å². The molecule has 31 heavy (non-hydrogen) atoms. The zero-order valence-corrected chi connectivity index (χ0v) is 19.1. The van der Waals surface area contributed by atoms with E-state index in [1.807, 2.05) is 6.92 Å². The summed E-state index contributed by atoms with van der Waals surface area (Å²) in [7, 11) is -2.32. The molecular weight excluding hydrogens is 484 g/mol. The van der Waals surface area contributed by atoms with Gasteiger partial charge in [-0.1, -0.05) is 33.6 Å². The van der Waals surface area contributed by atoms with E-state index in [4.69, 9.17) is 0 Å². The average Bonchev–Trinajstić information content (AvgIpc) is 3.09. The van der Waals surface area contributed by atoms with E-state index in [0.29, 0.717) is 11.3 Å². The number of hydrazone groups is 1. The summed E-state index contributed by atoms with van der Waals surface area (Å²) < 4.78 is 29.3. The van der Waals surface area contributed by atoms with Gasteiger partial charge in [0.25, 0.3) is 21.8 Å². The van der Waals surface area contributed by atoms with Crippen molar-refractivity contribution in [3.05, 3.63) is 87.7 Å². The quantitative estimate of drug-likeness (QED) is 0.398. The van der Waals surface area contributed by atoms with Gasteiger partial charge in [-0.05, 0) is 49.4 Å². The molecule has 1 aromatic heterocycles. The van der Waals surface area contributed by atoms with Crippen LogP contribution >= 0.6 is 15.9 Å². The molecule has 10 heteroatoms. The number of amides is 2. The van der Waals surface area contributed by atoms with Gasteiger partial charge in [0, 0.05) is 23.3 Å². The number of hydrogen-bond acceptors (Lipinski definition) is 5. The lowest BCUT2D eigenvalue weighted by molar-refractivity contribution is 0.0952. The van der Waals surface area contributed by atoms with E-state index < -0.39 is 15.9 Å². The highest BCUT2D eigenvalue weighted by Crippen LogP contribution is 2.12. The predicted molar refractivity (Wildman–Crippen MR) is 120 cm³/mol. The standard InChI is InChI=1S/C21H19BrN4O4S/c1-14-3-9-19(10-4-14)31(29,30)25-21(28)16-11-18(26(2)13-16)12-23-24-20(27)15-5-7-17(22)8-6-15/h3-13H,1-2H3,(H,24,27)(H,25,28). The van der Waals surface area contributed by atoms with Crippen molar-refractivity contribution < 1.29 is 18.0 Å². The molecule has 0 radical (unpaired) electrons. The van der Waals surface area contributed by atoms with Crippen molar-refractivity contribution in [1.29, 1.82) is 0 Å². The first-order valence-corrected chi connectivity index (χ1v) is 11.3. The molecule has 0 saturated heterocycles. The Morgan fingerprint density at radius 3 is 2.29 bits per heavy atom. The van der Waals surface area contributed by atoms with Gasteiger partial charge in [-0.3, -0.25) is 9.59 Å². The first-order valence-electron chi connectivity index (χ1n) is 9.05. The molecule has 2 amide bonds. The summed E-state index contributed by atoms with van der Waals surface area (Å²) in [6.07, 6.45) is 2.83. The van der Waals surface area contributed by atoms with Crippen molar-refractivity contribution in [1.82, 2.24) is 14.7 Å². The minimum atomic E-state index is -3.99. The van der Waals surface area contributed by atoms with E-state index in [1.165, 1.54) is 30.6 Å². The molecule has 0 bridgehead atoms. The summed E-state index contributed by atoms with van der Waals surface area (Å²) in [4.78, 5) is 24.5. The van der Waals surface area contributed by atoms with Gasteiger partial charge in [0.15, 0.2) is 0 Å². The second-order valence-electron chi connectivity index (χ2n) is 6.72.